The Labute approximate surface area is 211 Å². The summed E-state index contributed by atoms with van der Waals surface area (Å²) < 4.78 is 0.945. The van der Waals surface area contributed by atoms with Gasteiger partial charge in [0.05, 0.1) is 0 Å². The lowest BCUT2D eigenvalue weighted by Gasteiger charge is -2.31. The number of rotatable bonds is 10. The van der Waals surface area contributed by atoms with Crippen molar-refractivity contribution in [2.24, 2.45) is 5.92 Å². The van der Waals surface area contributed by atoms with Crippen LogP contribution in [0, 0.1) is 5.92 Å². The molecule has 0 fully saturated rings. The Morgan fingerprint density at radius 1 is 0.853 bits per heavy atom. The summed E-state index contributed by atoms with van der Waals surface area (Å²) in [6.07, 6.45) is 0.282. The minimum Gasteiger partial charge on any atom is -0.354 e. The first kappa shape index (κ1) is 25.7. The summed E-state index contributed by atoms with van der Waals surface area (Å²) in [6.45, 7) is 6.87. The van der Waals surface area contributed by atoms with Crippen LogP contribution in [0.3, 0.4) is 0 Å². The van der Waals surface area contributed by atoms with Crippen LogP contribution in [0.2, 0.25) is 0 Å². The van der Waals surface area contributed by atoms with Crippen molar-refractivity contribution in [3.8, 4) is 0 Å². The third-order valence-electron chi connectivity index (χ3n) is 5.88. The Morgan fingerprint density at radius 3 is 1.97 bits per heavy atom. The smallest absolute Gasteiger partial charge is 0.242 e. The Balaban J connectivity index is 1.89. The van der Waals surface area contributed by atoms with Crippen LogP contribution in [-0.4, -0.2) is 29.3 Å². The van der Waals surface area contributed by atoms with E-state index < -0.39 is 6.04 Å². The van der Waals surface area contributed by atoms with Crippen LogP contribution < -0.4 is 5.32 Å². The van der Waals surface area contributed by atoms with Crippen LogP contribution in [0.4, 0.5) is 0 Å². The zero-order valence-electron chi connectivity index (χ0n) is 20.1. The summed E-state index contributed by atoms with van der Waals surface area (Å²) in [6, 6.07) is 27.5. The molecular formula is C29H33BrN2O2. The molecule has 3 rings (SSSR count). The molecule has 0 heterocycles. The van der Waals surface area contributed by atoms with Gasteiger partial charge in [-0.2, -0.15) is 0 Å². The monoisotopic (exact) mass is 520 g/mol. The molecule has 0 bridgehead atoms. The minimum absolute atomic E-state index is 0.0510. The molecule has 0 aliphatic rings. The maximum atomic E-state index is 13.8. The third-order valence-corrected chi connectivity index (χ3v) is 6.37. The molecular weight excluding hydrogens is 488 g/mol. The van der Waals surface area contributed by atoms with Crippen molar-refractivity contribution in [3.05, 3.63) is 106 Å². The highest BCUT2D eigenvalue weighted by Crippen LogP contribution is 2.29. The van der Waals surface area contributed by atoms with Crippen molar-refractivity contribution in [1.82, 2.24) is 10.2 Å². The second-order valence-corrected chi connectivity index (χ2v) is 9.96. The van der Waals surface area contributed by atoms with Crippen LogP contribution in [-0.2, 0) is 16.1 Å². The summed E-state index contributed by atoms with van der Waals surface area (Å²) in [5.74, 6) is 0.0645. The molecule has 3 aromatic carbocycles. The van der Waals surface area contributed by atoms with E-state index in [-0.39, 0.29) is 24.2 Å². The molecule has 3 aromatic rings. The molecule has 1 atom stereocenters. The van der Waals surface area contributed by atoms with Crippen LogP contribution in [0.5, 0.6) is 0 Å². The van der Waals surface area contributed by atoms with Crippen LogP contribution in [0.25, 0.3) is 0 Å². The average molecular weight is 521 g/mol. The highest BCUT2D eigenvalue weighted by molar-refractivity contribution is 9.10. The molecule has 34 heavy (non-hydrogen) atoms. The average Bonchev–Trinajstić information content (AvgIpc) is 2.85. The topological polar surface area (TPSA) is 49.4 Å². The van der Waals surface area contributed by atoms with Gasteiger partial charge in [0, 0.05) is 29.9 Å². The van der Waals surface area contributed by atoms with Crippen LogP contribution in [0.15, 0.2) is 89.4 Å². The molecule has 4 nitrogen and oxygen atoms in total. The number of hydrogen-bond acceptors (Lipinski definition) is 2. The molecule has 0 radical (unpaired) electrons. The van der Waals surface area contributed by atoms with Crippen LogP contribution >= 0.6 is 15.9 Å². The number of carbonyl (C=O) groups is 2. The lowest BCUT2D eigenvalue weighted by molar-refractivity contribution is -0.140. The van der Waals surface area contributed by atoms with Gasteiger partial charge in [-0.3, -0.25) is 9.59 Å². The number of benzene rings is 3. The van der Waals surface area contributed by atoms with Gasteiger partial charge in [0.25, 0.3) is 0 Å². The van der Waals surface area contributed by atoms with E-state index in [0.717, 1.165) is 21.2 Å². The molecule has 1 N–H and O–H groups in total. The van der Waals surface area contributed by atoms with E-state index in [1.54, 1.807) is 4.90 Å². The number of amides is 2. The van der Waals surface area contributed by atoms with Gasteiger partial charge in [-0.15, -0.1) is 0 Å². The molecule has 0 spiro atoms. The Hall–Kier alpha value is -2.92. The molecule has 0 saturated carbocycles. The summed E-state index contributed by atoms with van der Waals surface area (Å²) in [5, 5.41) is 2.99. The van der Waals surface area contributed by atoms with E-state index in [4.69, 9.17) is 0 Å². The third kappa shape index (κ3) is 7.29. The standard InChI is InChI=1S/C29H33BrN2O2/c1-21(2)19-31-29(34)22(3)32(20-23-11-10-16-26(30)17-23)28(33)18-27(24-12-6-4-7-13-24)25-14-8-5-9-15-25/h4-17,21-22,27H,18-20H2,1-3H3,(H,31,34)/t22-/m1/s1. The number of hydrogen-bond donors (Lipinski definition) is 1. The lowest BCUT2D eigenvalue weighted by atomic mass is 9.88. The molecule has 0 aliphatic heterocycles. The quantitative estimate of drug-likeness (QED) is 0.348. The largest absolute Gasteiger partial charge is 0.354 e. The number of carbonyl (C=O) groups excluding carboxylic acids is 2. The SMILES string of the molecule is CC(C)CNC(=O)[C@@H](C)N(Cc1cccc(Br)c1)C(=O)CC(c1ccccc1)c1ccccc1. The van der Waals surface area contributed by atoms with Crippen molar-refractivity contribution < 1.29 is 9.59 Å². The van der Waals surface area contributed by atoms with E-state index in [0.29, 0.717) is 19.0 Å². The van der Waals surface area contributed by atoms with Crippen molar-refractivity contribution in [3.63, 3.8) is 0 Å². The van der Waals surface area contributed by atoms with Gasteiger partial charge in [0.2, 0.25) is 11.8 Å². The Morgan fingerprint density at radius 2 is 1.44 bits per heavy atom. The predicted molar refractivity (Wildman–Crippen MR) is 141 cm³/mol. The first-order chi connectivity index (χ1) is 16.3. The fourth-order valence-electron chi connectivity index (χ4n) is 3.96. The van der Waals surface area contributed by atoms with Crippen molar-refractivity contribution in [1.29, 1.82) is 0 Å². The number of halogens is 1. The second kappa shape index (κ2) is 12.5. The molecule has 2 amide bonds. The van der Waals surface area contributed by atoms with Crippen molar-refractivity contribution >= 4 is 27.7 Å². The van der Waals surface area contributed by atoms with Gasteiger partial charge in [-0.05, 0) is 41.7 Å². The first-order valence-corrected chi connectivity index (χ1v) is 12.6. The highest BCUT2D eigenvalue weighted by atomic mass is 79.9. The molecule has 0 unspecified atom stereocenters. The number of nitrogens with zero attached hydrogens (tertiary/aromatic N) is 1. The maximum Gasteiger partial charge on any atom is 0.242 e. The zero-order valence-corrected chi connectivity index (χ0v) is 21.7. The first-order valence-electron chi connectivity index (χ1n) is 11.8. The second-order valence-electron chi connectivity index (χ2n) is 9.04. The van der Waals surface area contributed by atoms with E-state index in [9.17, 15) is 9.59 Å². The van der Waals surface area contributed by atoms with E-state index in [1.165, 1.54) is 0 Å². The van der Waals surface area contributed by atoms with E-state index in [1.807, 2.05) is 67.6 Å². The predicted octanol–water partition coefficient (Wildman–Crippen LogP) is 6.16. The number of nitrogens with one attached hydrogen (secondary N) is 1. The fourth-order valence-corrected chi connectivity index (χ4v) is 4.40. The zero-order chi connectivity index (χ0) is 24.5. The van der Waals surface area contributed by atoms with E-state index in [2.05, 4.69) is 59.4 Å². The van der Waals surface area contributed by atoms with Crippen LogP contribution in [0.1, 0.15) is 49.8 Å². The molecule has 0 aromatic heterocycles. The van der Waals surface area contributed by atoms with Crippen molar-refractivity contribution in [2.45, 2.75) is 45.7 Å². The normalized spacial score (nSPS) is 11.9. The van der Waals surface area contributed by atoms with Gasteiger partial charge < -0.3 is 10.2 Å². The maximum absolute atomic E-state index is 13.8. The minimum atomic E-state index is -0.586. The summed E-state index contributed by atoms with van der Waals surface area (Å²) in [4.78, 5) is 28.5. The molecule has 5 heteroatoms. The Kier molecular flexibility index (Phi) is 9.46. The highest BCUT2D eigenvalue weighted by Gasteiger charge is 2.29. The van der Waals surface area contributed by atoms with Gasteiger partial charge in [0.1, 0.15) is 6.04 Å². The van der Waals surface area contributed by atoms with E-state index >= 15 is 0 Å². The lowest BCUT2D eigenvalue weighted by Crippen LogP contribution is -2.48. The molecule has 178 valence electrons. The molecule has 0 saturated heterocycles. The molecule has 0 aliphatic carbocycles. The van der Waals surface area contributed by atoms with Gasteiger partial charge >= 0.3 is 0 Å². The fraction of sp³-hybridized carbons (Fsp3) is 0.310. The Bertz CT molecular complexity index is 1030. The van der Waals surface area contributed by atoms with Crippen molar-refractivity contribution in [2.75, 3.05) is 6.54 Å². The summed E-state index contributed by atoms with van der Waals surface area (Å²) in [5.41, 5.74) is 3.14. The summed E-state index contributed by atoms with van der Waals surface area (Å²) in [7, 11) is 0. The summed E-state index contributed by atoms with van der Waals surface area (Å²) >= 11 is 3.51. The van der Waals surface area contributed by atoms with Gasteiger partial charge in [-0.25, -0.2) is 0 Å². The van der Waals surface area contributed by atoms with Gasteiger partial charge in [0.15, 0.2) is 0 Å². The van der Waals surface area contributed by atoms with Gasteiger partial charge in [-0.1, -0.05) is 103 Å².